The zero-order valence-corrected chi connectivity index (χ0v) is 25.5. The molecule has 0 bridgehead atoms. The fourth-order valence-corrected chi connectivity index (χ4v) is 7.27. The van der Waals surface area contributed by atoms with Gasteiger partial charge in [-0.1, -0.05) is 64.1 Å². The summed E-state index contributed by atoms with van der Waals surface area (Å²) in [6.07, 6.45) is 0.542. The molecule has 0 spiro atoms. The van der Waals surface area contributed by atoms with Crippen molar-refractivity contribution in [2.45, 2.75) is 82.3 Å². The first kappa shape index (κ1) is 30.7. The molecule has 2 aromatic carbocycles. The van der Waals surface area contributed by atoms with Gasteiger partial charge >= 0.3 is 5.97 Å². The van der Waals surface area contributed by atoms with Gasteiger partial charge in [0.1, 0.15) is 6.04 Å². The molecule has 41 heavy (non-hydrogen) atoms. The molecule has 1 fully saturated rings. The van der Waals surface area contributed by atoms with Crippen LogP contribution < -0.4 is 10.6 Å². The fraction of sp³-hybridized carbons (Fsp3) is 0.433. The summed E-state index contributed by atoms with van der Waals surface area (Å²) >= 11 is 1.29. The zero-order valence-electron chi connectivity index (χ0n) is 23.8. The second kappa shape index (κ2) is 13.1. The number of aliphatic carboxylic acids is 1. The summed E-state index contributed by atoms with van der Waals surface area (Å²) in [6, 6.07) is 13.7. The molecule has 1 aromatic heterocycles. The quantitative estimate of drug-likeness (QED) is 0.284. The van der Waals surface area contributed by atoms with Crippen molar-refractivity contribution in [1.82, 2.24) is 14.6 Å². The number of nitrogens with one attached hydrogen (secondary N) is 2. The molecule has 3 aromatic rings. The first-order chi connectivity index (χ1) is 19.4. The largest absolute Gasteiger partial charge is 0.481 e. The van der Waals surface area contributed by atoms with Crippen molar-refractivity contribution in [3.63, 3.8) is 0 Å². The first-order valence-electron chi connectivity index (χ1n) is 13.8. The molecule has 1 saturated heterocycles. The van der Waals surface area contributed by atoms with Crippen molar-refractivity contribution in [2.75, 3.05) is 11.9 Å². The van der Waals surface area contributed by atoms with Gasteiger partial charge in [0.2, 0.25) is 15.9 Å². The first-order valence-corrected chi connectivity index (χ1v) is 16.2. The van der Waals surface area contributed by atoms with Crippen LogP contribution in [0.2, 0.25) is 0 Å². The van der Waals surface area contributed by atoms with Crippen LogP contribution in [0.1, 0.15) is 74.8 Å². The summed E-state index contributed by atoms with van der Waals surface area (Å²) in [7, 11) is -3.94. The number of rotatable bonds is 11. The summed E-state index contributed by atoms with van der Waals surface area (Å²) in [5.74, 6) is -0.657. The van der Waals surface area contributed by atoms with E-state index in [1.165, 1.54) is 21.2 Å². The van der Waals surface area contributed by atoms with Crippen molar-refractivity contribution in [3.05, 3.63) is 76.3 Å². The Kier molecular flexibility index (Phi) is 9.83. The minimum absolute atomic E-state index is 0.153. The number of nitrogens with zero attached hydrogens (tertiary/aromatic N) is 2. The van der Waals surface area contributed by atoms with Gasteiger partial charge in [0.25, 0.3) is 0 Å². The van der Waals surface area contributed by atoms with E-state index in [1.807, 2.05) is 50.2 Å². The summed E-state index contributed by atoms with van der Waals surface area (Å²) in [5, 5.41) is 17.5. The van der Waals surface area contributed by atoms with Crippen LogP contribution in [0.5, 0.6) is 0 Å². The monoisotopic (exact) mass is 598 g/mol. The minimum atomic E-state index is -3.94. The number of sulfonamides is 1. The van der Waals surface area contributed by atoms with Crippen LogP contribution in [0.25, 0.3) is 0 Å². The molecule has 1 amide bonds. The Hall–Kier alpha value is -3.28. The maximum Gasteiger partial charge on any atom is 0.309 e. The van der Waals surface area contributed by atoms with Crippen LogP contribution in [0.3, 0.4) is 0 Å². The Balaban J connectivity index is 1.53. The van der Waals surface area contributed by atoms with E-state index < -0.39 is 22.0 Å². The summed E-state index contributed by atoms with van der Waals surface area (Å²) in [5.41, 5.74) is 3.62. The van der Waals surface area contributed by atoms with Gasteiger partial charge in [-0.25, -0.2) is 13.4 Å². The Bertz CT molecular complexity index is 1450. The van der Waals surface area contributed by atoms with Gasteiger partial charge in [0.15, 0.2) is 5.13 Å². The lowest BCUT2D eigenvalue weighted by atomic mass is 9.98. The minimum Gasteiger partial charge on any atom is -0.481 e. The van der Waals surface area contributed by atoms with Crippen molar-refractivity contribution >= 4 is 38.4 Å². The number of carbonyl (C=O) groups excluding carboxylic acids is 1. The van der Waals surface area contributed by atoms with E-state index in [-0.39, 0.29) is 48.7 Å². The molecule has 0 unspecified atom stereocenters. The van der Waals surface area contributed by atoms with Gasteiger partial charge in [-0.3, -0.25) is 9.59 Å². The standard InChI is InChI=1S/C30H38N4O5S2/c1-19(2)22-7-5-21(6-8-22)17-31-29(37)27-15-24(32-30-33-25(18-40-30)16-28(35)36)13-14-34(27)41(38,39)26-11-9-23(10-12-26)20(3)4/h5-12,18-20,24,27H,13-17H2,1-4H3,(H,31,37)(H,32,33)(H,35,36)/t24-,27-/m1/s1. The normalized spacial score (nSPS) is 18.0. The van der Waals surface area contributed by atoms with E-state index in [4.69, 9.17) is 5.11 Å². The molecule has 2 heterocycles. The average Bonchev–Trinajstić information content (AvgIpc) is 3.37. The molecule has 9 nitrogen and oxygen atoms in total. The van der Waals surface area contributed by atoms with Crippen LogP contribution >= 0.6 is 11.3 Å². The van der Waals surface area contributed by atoms with Gasteiger partial charge in [-0.05, 0) is 53.5 Å². The van der Waals surface area contributed by atoms with E-state index in [9.17, 15) is 18.0 Å². The maximum atomic E-state index is 13.8. The van der Waals surface area contributed by atoms with Crippen molar-refractivity contribution in [1.29, 1.82) is 0 Å². The molecular weight excluding hydrogens is 560 g/mol. The molecule has 3 N–H and O–H groups in total. The molecule has 2 atom stereocenters. The highest BCUT2D eigenvalue weighted by Gasteiger charge is 2.41. The highest BCUT2D eigenvalue weighted by Crippen LogP contribution is 2.29. The second-order valence-corrected chi connectivity index (χ2v) is 13.8. The highest BCUT2D eigenvalue weighted by molar-refractivity contribution is 7.89. The highest BCUT2D eigenvalue weighted by atomic mass is 32.2. The Morgan fingerprint density at radius 3 is 2.22 bits per heavy atom. The van der Waals surface area contributed by atoms with Crippen molar-refractivity contribution in [2.24, 2.45) is 0 Å². The van der Waals surface area contributed by atoms with Crippen molar-refractivity contribution in [3.8, 4) is 0 Å². The SMILES string of the molecule is CC(C)c1ccc(CNC(=O)[C@H]2C[C@H](Nc3nc(CC(=O)O)cs3)CCN2S(=O)(=O)c2ccc(C(C)C)cc2)cc1. The van der Waals surface area contributed by atoms with Gasteiger partial charge < -0.3 is 15.7 Å². The number of benzene rings is 2. The second-order valence-electron chi connectivity index (χ2n) is 11.0. The number of piperidine rings is 1. The lowest BCUT2D eigenvalue weighted by Crippen LogP contribution is -2.55. The number of hydrogen-bond donors (Lipinski definition) is 3. The van der Waals surface area contributed by atoms with Gasteiger partial charge in [0.05, 0.1) is 17.0 Å². The third kappa shape index (κ3) is 7.72. The lowest BCUT2D eigenvalue weighted by Gasteiger charge is -2.37. The molecule has 11 heteroatoms. The average molecular weight is 599 g/mol. The fourth-order valence-electron chi connectivity index (χ4n) is 4.87. The van der Waals surface area contributed by atoms with Crippen LogP contribution in [0.15, 0.2) is 58.8 Å². The summed E-state index contributed by atoms with van der Waals surface area (Å²) < 4.78 is 28.9. The molecule has 220 valence electrons. The van der Waals surface area contributed by atoms with Crippen LogP contribution in [-0.4, -0.2) is 53.3 Å². The van der Waals surface area contributed by atoms with E-state index >= 15 is 0 Å². The molecule has 1 aliphatic heterocycles. The number of aromatic nitrogens is 1. The maximum absolute atomic E-state index is 13.8. The molecule has 4 rings (SSSR count). The number of carbonyl (C=O) groups is 2. The van der Waals surface area contributed by atoms with Gasteiger partial charge in [0, 0.05) is 24.5 Å². The Morgan fingerprint density at radius 2 is 1.63 bits per heavy atom. The van der Waals surface area contributed by atoms with Gasteiger partial charge in [-0.2, -0.15) is 4.31 Å². The Labute approximate surface area is 246 Å². The molecule has 1 aliphatic rings. The van der Waals surface area contributed by atoms with Crippen LogP contribution in [-0.2, 0) is 32.6 Å². The number of amides is 1. The third-order valence-electron chi connectivity index (χ3n) is 7.33. The number of hydrogen-bond acceptors (Lipinski definition) is 7. The summed E-state index contributed by atoms with van der Waals surface area (Å²) in [6.45, 7) is 8.77. The number of anilines is 1. The predicted molar refractivity (Wildman–Crippen MR) is 161 cm³/mol. The lowest BCUT2D eigenvalue weighted by molar-refractivity contribution is -0.136. The van der Waals surface area contributed by atoms with E-state index in [2.05, 4.69) is 29.5 Å². The summed E-state index contributed by atoms with van der Waals surface area (Å²) in [4.78, 5) is 29.1. The molecule has 0 radical (unpaired) electrons. The van der Waals surface area contributed by atoms with Crippen LogP contribution in [0, 0.1) is 0 Å². The zero-order chi connectivity index (χ0) is 29.7. The van der Waals surface area contributed by atoms with Crippen LogP contribution in [0.4, 0.5) is 5.13 Å². The van der Waals surface area contributed by atoms with E-state index in [1.54, 1.807) is 17.5 Å². The molecule has 0 saturated carbocycles. The molecule has 0 aliphatic carbocycles. The third-order valence-corrected chi connectivity index (χ3v) is 10.1. The number of thiazole rings is 1. The molecular formula is C30H38N4O5S2. The number of carboxylic acids is 1. The van der Waals surface area contributed by atoms with Gasteiger partial charge in [-0.15, -0.1) is 11.3 Å². The predicted octanol–water partition coefficient (Wildman–Crippen LogP) is 4.97. The Morgan fingerprint density at radius 1 is 1.02 bits per heavy atom. The topological polar surface area (TPSA) is 129 Å². The van der Waals surface area contributed by atoms with E-state index in [0.29, 0.717) is 23.2 Å². The van der Waals surface area contributed by atoms with Crippen molar-refractivity contribution < 1.29 is 23.1 Å². The van der Waals surface area contributed by atoms with E-state index in [0.717, 1.165) is 11.1 Å². The smallest absolute Gasteiger partial charge is 0.309 e. The number of carboxylic acid groups (broad SMARTS) is 1.